The second-order valence-electron chi connectivity index (χ2n) is 27.5. The summed E-state index contributed by atoms with van der Waals surface area (Å²) in [7, 11) is 0. The van der Waals surface area contributed by atoms with Crippen LogP contribution >= 0.6 is 0 Å². The maximum absolute atomic E-state index is 13.5. The van der Waals surface area contributed by atoms with E-state index < -0.39 is 347 Å². The van der Waals surface area contributed by atoms with Crippen molar-refractivity contribution in [3.05, 3.63) is 0 Å². The van der Waals surface area contributed by atoms with Gasteiger partial charge < -0.3 is 220 Å². The van der Waals surface area contributed by atoms with Gasteiger partial charge in [0.1, 0.15) is 183 Å². The van der Waals surface area contributed by atoms with E-state index >= 15 is 0 Å². The molecule has 0 aliphatic carbocycles. The Morgan fingerprint density at radius 2 is 0.809 bits per heavy atom. The van der Waals surface area contributed by atoms with E-state index in [0.717, 1.165) is 20.8 Å². The van der Waals surface area contributed by atoms with Crippen LogP contribution in [0.2, 0.25) is 0 Å². The molecule has 8 fully saturated rings. The summed E-state index contributed by atoms with van der Waals surface area (Å²) >= 11 is 0. The average molecular weight is 1610 g/mol. The molecule has 0 aromatic heterocycles. The molecule has 0 aromatic rings. The van der Waals surface area contributed by atoms with Crippen LogP contribution in [0, 0.1) is 0 Å². The van der Waals surface area contributed by atoms with Gasteiger partial charge in [-0.25, -0.2) is 4.79 Å². The molecule has 8 aliphatic rings. The number of carbonyl (C=O) groups is 5. The lowest BCUT2D eigenvalue weighted by molar-refractivity contribution is -0.398. The lowest BCUT2D eigenvalue weighted by Crippen LogP contribution is -2.72. The van der Waals surface area contributed by atoms with Crippen molar-refractivity contribution >= 4 is 30.1 Å². The number of carboxylic acids is 1. The van der Waals surface area contributed by atoms with Gasteiger partial charge in [0.05, 0.1) is 83.8 Å². The summed E-state index contributed by atoms with van der Waals surface area (Å²) in [5, 5.41) is 275. The van der Waals surface area contributed by atoms with Gasteiger partial charge in [0.15, 0.2) is 44.0 Å². The lowest BCUT2D eigenvalue weighted by Gasteiger charge is -2.52. The van der Waals surface area contributed by atoms with E-state index in [1.165, 1.54) is 6.92 Å². The van der Waals surface area contributed by atoms with Crippen LogP contribution in [0.1, 0.15) is 34.1 Å². The van der Waals surface area contributed by atoms with Gasteiger partial charge >= 0.3 is 5.97 Å². The molecule has 0 radical (unpaired) electrons. The smallest absolute Gasteiger partial charge is 0.364 e. The highest BCUT2D eigenvalue weighted by atomic mass is 16.8. The number of ether oxygens (including phenoxy) is 16. The summed E-state index contributed by atoms with van der Waals surface area (Å²) in [6.45, 7) is -5.38. The largest absolute Gasteiger partial charge is 0.477 e. The summed E-state index contributed by atoms with van der Waals surface area (Å²) in [5.74, 6) is -8.36. The number of hydrogen-bond donors (Lipinski definition) is 28. The minimum atomic E-state index is -3.30. The normalized spacial score (nSPS) is 46.2. The molecule has 8 saturated heterocycles. The van der Waals surface area contributed by atoms with Gasteiger partial charge in [0.2, 0.25) is 24.1 Å². The molecule has 49 nitrogen and oxygen atoms in total. The van der Waals surface area contributed by atoms with Crippen LogP contribution in [-0.2, 0) is 99.8 Å². The number of carbonyl (C=O) groups excluding carboxylic acids is 4. The molecule has 42 atom stereocenters. The van der Waals surface area contributed by atoms with Crippen LogP contribution in [0.3, 0.4) is 0 Å². The lowest BCUT2D eigenvalue weighted by atomic mass is 9.88. The van der Waals surface area contributed by atoms with E-state index in [4.69, 9.17) is 75.8 Å². The van der Waals surface area contributed by atoms with Crippen molar-refractivity contribution in [1.29, 1.82) is 0 Å². The Kier molecular flexibility index (Phi) is 33.3. The topological polar surface area (TPSA) is 767 Å². The van der Waals surface area contributed by atoms with Crippen LogP contribution in [0.15, 0.2) is 0 Å². The number of amides is 4. The quantitative estimate of drug-likeness (QED) is 0.0271. The van der Waals surface area contributed by atoms with Crippen molar-refractivity contribution in [3.63, 3.8) is 0 Å². The molecule has 0 bridgehead atoms. The highest BCUT2D eigenvalue weighted by molar-refractivity contribution is 5.77. The molecule has 28 N–H and O–H groups in total. The van der Waals surface area contributed by atoms with Crippen molar-refractivity contribution in [2.24, 2.45) is 0 Å². The number of aliphatic hydroxyl groups is 23. The van der Waals surface area contributed by atoms with E-state index in [1.807, 2.05) is 0 Å². The van der Waals surface area contributed by atoms with Gasteiger partial charge in [0.25, 0.3) is 5.79 Å². The van der Waals surface area contributed by atoms with Gasteiger partial charge in [-0.15, -0.1) is 0 Å². The van der Waals surface area contributed by atoms with Crippen LogP contribution < -0.4 is 21.3 Å². The Morgan fingerprint density at radius 3 is 1.27 bits per heavy atom. The van der Waals surface area contributed by atoms with E-state index in [9.17, 15) is 147 Å². The van der Waals surface area contributed by atoms with Crippen molar-refractivity contribution in [3.8, 4) is 0 Å². The third-order valence-corrected chi connectivity index (χ3v) is 19.8. The van der Waals surface area contributed by atoms with E-state index in [0.29, 0.717) is 0 Å². The Morgan fingerprint density at radius 1 is 0.427 bits per heavy atom. The standard InChI is InChI=1S/C61H102N4O45/c1-16-32(80)38(86)40(88)56(96-16)106-49-31(65-19(4)77)54(108-50-35(83)24(9-69)98-57(42(50)90)103-45-27(12-72)102-55(41(89)39(45)87)95-14-20(6-66)62-15-74)101-28(13-73)46(49)104-58-43(91)51(36(84)25(10-70)99-58)107-53-30(64-18(3)76)47(34(82)23(8-68)97-53)105-59-44(92)52(37(85)26(11-71)100-59)110-61(60(93)94)5-21(78)29(63-17(2)75)48(109-61)33(81)22(79)7-67/h15-16,20-59,66-73,78-92H,5-14H2,1-4H3,(H,62,74)(H,63,75)(H,64,76)(H,65,77)(H,93,94)/t16-,20+,21-,22+,23+,24+,25+,26+,27+,28+,29+,30+,31+,32+,33+,34+,35-,36-,37-,38+,39+,40-,41+,42+,43+,44+,45+,46+,47+,48+,49+,50-,51-,52-,53-,54-,55+,56-,57-,58-,59-,61-/m0/s1. The highest BCUT2D eigenvalue weighted by Crippen LogP contribution is 2.42. The highest BCUT2D eigenvalue weighted by Gasteiger charge is 2.63. The number of aliphatic hydroxyl groups excluding tert-OH is 23. The number of nitrogens with one attached hydrogen (secondary N) is 4. The first-order valence-corrected chi connectivity index (χ1v) is 34.8. The third kappa shape index (κ3) is 20.2. The molecule has 4 amide bonds. The predicted molar refractivity (Wildman–Crippen MR) is 339 cm³/mol. The molecule has 8 aliphatic heterocycles. The molecule has 0 aromatic carbocycles. The van der Waals surface area contributed by atoms with Crippen LogP contribution in [0.25, 0.3) is 0 Å². The van der Waals surface area contributed by atoms with E-state index in [-0.39, 0.29) is 6.41 Å². The summed E-state index contributed by atoms with van der Waals surface area (Å²) in [6.07, 6.45) is -79.7. The fourth-order valence-electron chi connectivity index (χ4n) is 13.9. The Hall–Kier alpha value is -4.21. The SMILES string of the molecule is CC(=O)N[C@H]1[C@H](O[C@H]2[C@@H](O)[C@@H](CO)O[C@@H](O[C@H]3[C@H](O)[C@@H](O)[C@H](OC[C@@H](CO)NC=O)O[C@@H]3CO)[C@@H]2O)O[C@H](CO)[C@@H](O[C@@H]2O[C@H](CO)[C@H](O)[C@H](O[C@@H]3O[C@H](CO)[C@@H](O)[C@H](O[C@@H]4O[C@H](CO)[C@H](O)[C@H](O[C@]5(C(=O)O)C[C@H](O)[C@@H](NC(C)=O)[C@H]([C@H](O)[C@H](O)CO)O5)[C@H]4O)[C@H]3NC(C)=O)[C@H]2O)[C@@H]1O[C@@H]1O[C@@H](C)[C@@H](O)[C@@H](O)[C@@H]1O. The van der Waals surface area contributed by atoms with E-state index in [1.54, 1.807) is 0 Å². The fourth-order valence-corrected chi connectivity index (χ4v) is 13.9. The molecule has 8 heterocycles. The molecule has 636 valence electrons. The molecule has 0 saturated carbocycles. The second-order valence-corrected chi connectivity index (χ2v) is 27.5. The number of hydrogen-bond acceptors (Lipinski definition) is 44. The first-order valence-electron chi connectivity index (χ1n) is 34.8. The molecule has 0 spiro atoms. The van der Waals surface area contributed by atoms with Crippen LogP contribution in [0.4, 0.5) is 0 Å². The zero-order valence-electron chi connectivity index (χ0n) is 59.1. The summed E-state index contributed by atoms with van der Waals surface area (Å²) < 4.78 is 94.5. The maximum atomic E-state index is 13.5. The maximum Gasteiger partial charge on any atom is 0.364 e. The second kappa shape index (κ2) is 40.1. The number of carboxylic acid groups (broad SMARTS) is 1. The number of rotatable bonds is 33. The third-order valence-electron chi connectivity index (χ3n) is 19.8. The van der Waals surface area contributed by atoms with Crippen molar-refractivity contribution in [1.82, 2.24) is 21.3 Å². The summed E-state index contributed by atoms with van der Waals surface area (Å²) in [6, 6.07) is -6.86. The predicted octanol–water partition coefficient (Wildman–Crippen LogP) is -18.7. The fraction of sp³-hybridized carbons (Fsp3) is 0.918. The van der Waals surface area contributed by atoms with Gasteiger partial charge in [-0.3, -0.25) is 19.2 Å². The first-order chi connectivity index (χ1) is 52.0. The summed E-state index contributed by atoms with van der Waals surface area (Å²) in [4.78, 5) is 63.1. The Labute approximate surface area is 622 Å². The molecular formula is C61H102N4O45. The zero-order valence-corrected chi connectivity index (χ0v) is 59.1. The molecule has 110 heavy (non-hydrogen) atoms. The number of aliphatic carboxylic acids is 1. The molecule has 0 unspecified atom stereocenters. The van der Waals surface area contributed by atoms with Crippen molar-refractivity contribution in [2.45, 2.75) is 291 Å². The minimum absolute atomic E-state index is 0.244. The van der Waals surface area contributed by atoms with Gasteiger partial charge in [-0.1, -0.05) is 0 Å². The Balaban J connectivity index is 1.09. The summed E-state index contributed by atoms with van der Waals surface area (Å²) in [5.41, 5.74) is 0. The van der Waals surface area contributed by atoms with Crippen LogP contribution in [-0.4, -0.2) is 469 Å². The Bertz CT molecular complexity index is 2910. The van der Waals surface area contributed by atoms with Crippen molar-refractivity contribution < 1.29 is 222 Å². The average Bonchev–Trinajstić information content (AvgIpc) is 0.758. The molecule has 49 heteroatoms. The zero-order chi connectivity index (χ0) is 81.4. The van der Waals surface area contributed by atoms with Gasteiger partial charge in [-0.05, 0) is 6.92 Å². The van der Waals surface area contributed by atoms with Gasteiger partial charge in [0, 0.05) is 27.2 Å². The van der Waals surface area contributed by atoms with Crippen molar-refractivity contribution in [2.75, 3.05) is 59.5 Å². The monoisotopic (exact) mass is 1610 g/mol. The van der Waals surface area contributed by atoms with Crippen LogP contribution in [0.5, 0.6) is 0 Å². The molecular weight excluding hydrogens is 1510 g/mol. The minimum Gasteiger partial charge on any atom is -0.477 e. The van der Waals surface area contributed by atoms with E-state index in [2.05, 4.69) is 21.3 Å². The molecule has 8 rings (SSSR count). The van der Waals surface area contributed by atoms with Gasteiger partial charge in [-0.2, -0.15) is 0 Å². The first kappa shape index (κ1) is 91.3.